The summed E-state index contributed by atoms with van der Waals surface area (Å²) >= 11 is 3.46. The van der Waals surface area contributed by atoms with E-state index >= 15 is 0 Å². The van der Waals surface area contributed by atoms with Crippen molar-refractivity contribution in [3.8, 4) is 0 Å². The lowest BCUT2D eigenvalue weighted by Gasteiger charge is -2.18. The van der Waals surface area contributed by atoms with Crippen LogP contribution in [0.3, 0.4) is 0 Å². The highest BCUT2D eigenvalue weighted by molar-refractivity contribution is 9.10. The number of hydrogen-bond donors (Lipinski definition) is 2. The molecule has 0 bridgehead atoms. The van der Waals surface area contributed by atoms with E-state index in [2.05, 4.69) is 36.5 Å². The Bertz CT molecular complexity index is 437. The number of carbonyl (C=O) groups is 1. The van der Waals surface area contributed by atoms with E-state index < -0.39 is 0 Å². The van der Waals surface area contributed by atoms with Crippen molar-refractivity contribution in [1.82, 2.24) is 14.9 Å². The summed E-state index contributed by atoms with van der Waals surface area (Å²) in [5.74, 6) is 1.60. The van der Waals surface area contributed by atoms with Crippen LogP contribution in [0.2, 0.25) is 0 Å². The molecule has 0 unspecified atom stereocenters. The zero-order chi connectivity index (χ0) is 15.0. The second kappa shape index (κ2) is 8.73. The fourth-order valence-electron chi connectivity index (χ4n) is 1.81. The minimum Gasteiger partial charge on any atom is -0.369 e. The molecule has 20 heavy (non-hydrogen) atoms. The molecule has 6 nitrogen and oxygen atoms in total. The number of amides is 1. The predicted molar refractivity (Wildman–Crippen MR) is 84.9 cm³/mol. The molecule has 1 rings (SSSR count). The predicted octanol–water partition coefficient (Wildman–Crippen LogP) is 2.34. The molecule has 1 aromatic rings. The highest BCUT2D eigenvalue weighted by atomic mass is 79.9. The number of halogens is 1. The molecule has 1 heterocycles. The molecule has 0 aliphatic rings. The second-order valence-electron chi connectivity index (χ2n) is 4.16. The number of hydrogen-bond acceptors (Lipinski definition) is 5. The maximum atomic E-state index is 11.9. The molecule has 0 atom stereocenters. The molecule has 0 aliphatic carbocycles. The first-order valence-corrected chi connectivity index (χ1v) is 7.69. The van der Waals surface area contributed by atoms with Crippen LogP contribution in [0.15, 0.2) is 10.8 Å². The first-order valence-electron chi connectivity index (χ1n) is 6.89. The van der Waals surface area contributed by atoms with Crippen LogP contribution in [0.1, 0.15) is 27.2 Å². The van der Waals surface area contributed by atoms with Gasteiger partial charge in [-0.3, -0.25) is 4.79 Å². The van der Waals surface area contributed by atoms with Gasteiger partial charge in [0.2, 0.25) is 5.91 Å². The van der Waals surface area contributed by atoms with Crippen molar-refractivity contribution in [2.45, 2.75) is 27.2 Å². The Morgan fingerprint density at radius 2 is 1.80 bits per heavy atom. The molecule has 1 aromatic heterocycles. The first-order chi connectivity index (χ1) is 9.63. The van der Waals surface area contributed by atoms with Gasteiger partial charge in [0.25, 0.3) is 0 Å². The lowest BCUT2D eigenvalue weighted by Crippen LogP contribution is -2.31. The summed E-state index contributed by atoms with van der Waals surface area (Å²) in [4.78, 5) is 22.0. The molecule has 0 fully saturated rings. The molecule has 112 valence electrons. The quantitative estimate of drug-likeness (QED) is 0.758. The lowest BCUT2D eigenvalue weighted by atomic mass is 10.3. The molecule has 2 N–H and O–H groups in total. The number of carbonyl (C=O) groups excluding carboxylic acids is 1. The van der Waals surface area contributed by atoms with E-state index in [0.29, 0.717) is 18.8 Å². The standard InChI is InChI=1S/C13H22BrN5O/c1-4-15-12-11(14)13(18-9-17-12)16-8-7-10(20)19(5-2)6-3/h9H,4-8H2,1-3H3,(H2,15,16,17,18). The maximum absolute atomic E-state index is 11.9. The highest BCUT2D eigenvalue weighted by Crippen LogP contribution is 2.26. The molecular weight excluding hydrogens is 322 g/mol. The molecular formula is C13H22BrN5O. The topological polar surface area (TPSA) is 70.1 Å². The lowest BCUT2D eigenvalue weighted by molar-refractivity contribution is -0.130. The van der Waals surface area contributed by atoms with Crippen molar-refractivity contribution in [1.29, 1.82) is 0 Å². The van der Waals surface area contributed by atoms with Crippen LogP contribution in [-0.2, 0) is 4.79 Å². The normalized spacial score (nSPS) is 10.2. The number of rotatable bonds is 8. The van der Waals surface area contributed by atoms with Gasteiger partial charge in [0, 0.05) is 32.6 Å². The van der Waals surface area contributed by atoms with Crippen LogP contribution in [0.25, 0.3) is 0 Å². The average Bonchev–Trinajstić information content (AvgIpc) is 2.44. The Morgan fingerprint density at radius 1 is 1.20 bits per heavy atom. The van der Waals surface area contributed by atoms with Gasteiger partial charge >= 0.3 is 0 Å². The van der Waals surface area contributed by atoms with E-state index in [9.17, 15) is 4.79 Å². The van der Waals surface area contributed by atoms with E-state index in [0.717, 1.165) is 29.9 Å². The van der Waals surface area contributed by atoms with Crippen molar-refractivity contribution in [3.63, 3.8) is 0 Å². The van der Waals surface area contributed by atoms with Gasteiger partial charge in [-0.1, -0.05) is 0 Å². The van der Waals surface area contributed by atoms with E-state index in [-0.39, 0.29) is 5.91 Å². The molecule has 0 aromatic carbocycles. The second-order valence-corrected chi connectivity index (χ2v) is 4.95. The summed E-state index contributed by atoms with van der Waals surface area (Å²) in [6.45, 7) is 8.81. The zero-order valence-corrected chi connectivity index (χ0v) is 13.8. The van der Waals surface area contributed by atoms with Crippen LogP contribution >= 0.6 is 15.9 Å². The third kappa shape index (κ3) is 4.63. The van der Waals surface area contributed by atoms with Gasteiger partial charge in [-0.05, 0) is 36.7 Å². The monoisotopic (exact) mass is 343 g/mol. The SMILES string of the molecule is CCNc1ncnc(NCCC(=O)N(CC)CC)c1Br. The minimum absolute atomic E-state index is 0.152. The van der Waals surface area contributed by atoms with E-state index in [4.69, 9.17) is 0 Å². The number of nitrogens with zero attached hydrogens (tertiary/aromatic N) is 3. The molecule has 7 heteroatoms. The minimum atomic E-state index is 0.152. The van der Waals surface area contributed by atoms with Crippen LogP contribution < -0.4 is 10.6 Å². The summed E-state index contributed by atoms with van der Waals surface area (Å²) in [6.07, 6.45) is 1.95. The Hall–Kier alpha value is -1.37. The molecule has 0 spiro atoms. The Kier molecular flexibility index (Phi) is 7.28. The summed E-state index contributed by atoms with van der Waals surface area (Å²) in [5.41, 5.74) is 0. The van der Waals surface area contributed by atoms with Gasteiger partial charge in [-0.25, -0.2) is 9.97 Å². The number of anilines is 2. The number of nitrogens with one attached hydrogen (secondary N) is 2. The maximum Gasteiger partial charge on any atom is 0.224 e. The fourth-order valence-corrected chi connectivity index (χ4v) is 2.29. The third-order valence-electron chi connectivity index (χ3n) is 2.88. The molecule has 1 amide bonds. The van der Waals surface area contributed by atoms with Crippen molar-refractivity contribution in [3.05, 3.63) is 10.8 Å². The van der Waals surface area contributed by atoms with Crippen LogP contribution in [0, 0.1) is 0 Å². The zero-order valence-electron chi connectivity index (χ0n) is 12.2. The smallest absolute Gasteiger partial charge is 0.224 e. The summed E-state index contributed by atoms with van der Waals surface area (Å²) < 4.78 is 0.789. The average molecular weight is 344 g/mol. The van der Waals surface area contributed by atoms with Crippen molar-refractivity contribution >= 4 is 33.5 Å². The van der Waals surface area contributed by atoms with Gasteiger partial charge in [-0.2, -0.15) is 0 Å². The van der Waals surface area contributed by atoms with Gasteiger partial charge in [0.1, 0.15) is 22.4 Å². The molecule has 0 radical (unpaired) electrons. The van der Waals surface area contributed by atoms with E-state index in [1.807, 2.05) is 25.7 Å². The summed E-state index contributed by atoms with van der Waals surface area (Å²) in [5, 5.41) is 6.30. The summed E-state index contributed by atoms with van der Waals surface area (Å²) in [6, 6.07) is 0. The van der Waals surface area contributed by atoms with Crippen molar-refractivity contribution in [2.75, 3.05) is 36.8 Å². The van der Waals surface area contributed by atoms with Gasteiger partial charge < -0.3 is 15.5 Å². The largest absolute Gasteiger partial charge is 0.369 e. The third-order valence-corrected chi connectivity index (χ3v) is 3.63. The molecule has 0 saturated carbocycles. The number of aromatic nitrogens is 2. The van der Waals surface area contributed by atoms with Gasteiger partial charge in [-0.15, -0.1) is 0 Å². The van der Waals surface area contributed by atoms with E-state index in [1.54, 1.807) is 0 Å². The van der Waals surface area contributed by atoms with Gasteiger partial charge in [0.15, 0.2) is 0 Å². The Labute approximate surface area is 128 Å². The van der Waals surface area contributed by atoms with Crippen LogP contribution in [0.4, 0.5) is 11.6 Å². The Balaban J connectivity index is 2.54. The van der Waals surface area contributed by atoms with Crippen LogP contribution in [0.5, 0.6) is 0 Å². The highest BCUT2D eigenvalue weighted by Gasteiger charge is 2.11. The van der Waals surface area contributed by atoms with Gasteiger partial charge in [0.05, 0.1) is 0 Å². The Morgan fingerprint density at radius 3 is 2.35 bits per heavy atom. The molecule has 0 aliphatic heterocycles. The van der Waals surface area contributed by atoms with Crippen molar-refractivity contribution < 1.29 is 4.79 Å². The van der Waals surface area contributed by atoms with E-state index in [1.165, 1.54) is 6.33 Å². The van der Waals surface area contributed by atoms with Crippen LogP contribution in [-0.4, -0.2) is 47.0 Å². The first kappa shape index (κ1) is 16.7. The summed E-state index contributed by atoms with van der Waals surface area (Å²) in [7, 11) is 0. The molecule has 0 saturated heterocycles. The van der Waals surface area contributed by atoms with Crippen molar-refractivity contribution in [2.24, 2.45) is 0 Å². The fraction of sp³-hybridized carbons (Fsp3) is 0.615.